The van der Waals surface area contributed by atoms with Gasteiger partial charge in [-0.1, -0.05) is 27.2 Å². The van der Waals surface area contributed by atoms with Crippen molar-refractivity contribution in [1.29, 1.82) is 0 Å². The van der Waals surface area contributed by atoms with E-state index in [-0.39, 0.29) is 0 Å². The van der Waals surface area contributed by atoms with E-state index in [1.165, 1.54) is 19.3 Å². The van der Waals surface area contributed by atoms with Crippen LogP contribution >= 0.6 is 0 Å². The van der Waals surface area contributed by atoms with Gasteiger partial charge in [-0.3, -0.25) is 4.79 Å². The molecule has 0 aliphatic heterocycles. The van der Waals surface area contributed by atoms with Gasteiger partial charge in [0, 0.05) is 12.3 Å². The highest BCUT2D eigenvalue weighted by Crippen LogP contribution is 2.34. The molecule has 0 aromatic carbocycles. The predicted molar refractivity (Wildman–Crippen MR) is 60.2 cm³/mol. The smallest absolute Gasteiger partial charge is 0.135 e. The molecule has 0 bridgehead atoms. The summed E-state index contributed by atoms with van der Waals surface area (Å²) in [5, 5.41) is 0. The molecule has 0 aromatic heterocycles. The van der Waals surface area contributed by atoms with Gasteiger partial charge in [-0.25, -0.2) is 0 Å². The first kappa shape index (κ1) is 11.7. The highest BCUT2D eigenvalue weighted by molar-refractivity contribution is 5.81. The van der Waals surface area contributed by atoms with Crippen LogP contribution in [0.1, 0.15) is 59.3 Å². The Morgan fingerprint density at radius 2 is 2.07 bits per heavy atom. The molecule has 1 rings (SSSR count). The first-order valence-electron chi connectivity index (χ1n) is 6.16. The molecular weight excluding hydrogens is 172 g/mol. The second-order valence-electron chi connectivity index (χ2n) is 5.18. The molecule has 0 N–H and O–H groups in total. The summed E-state index contributed by atoms with van der Waals surface area (Å²) in [6, 6.07) is 0. The third-order valence-electron chi connectivity index (χ3n) is 3.54. The minimum Gasteiger partial charge on any atom is -0.299 e. The Labute approximate surface area is 88.3 Å². The van der Waals surface area contributed by atoms with Crippen LogP contribution in [0, 0.1) is 17.8 Å². The Balaban J connectivity index is 2.25. The monoisotopic (exact) mass is 196 g/mol. The Hall–Kier alpha value is -0.330. The Morgan fingerprint density at radius 3 is 2.57 bits per heavy atom. The largest absolute Gasteiger partial charge is 0.299 e. The van der Waals surface area contributed by atoms with Gasteiger partial charge < -0.3 is 0 Å². The molecule has 1 aliphatic rings. The number of hydrogen-bond donors (Lipinski definition) is 0. The number of rotatable bonds is 5. The summed E-state index contributed by atoms with van der Waals surface area (Å²) in [5.41, 5.74) is 0. The molecule has 0 saturated heterocycles. The first-order valence-corrected chi connectivity index (χ1v) is 6.16. The van der Waals surface area contributed by atoms with Crippen molar-refractivity contribution in [2.75, 3.05) is 0 Å². The highest BCUT2D eigenvalue weighted by Gasteiger charge is 2.28. The van der Waals surface area contributed by atoms with E-state index >= 15 is 0 Å². The molecule has 0 amide bonds. The van der Waals surface area contributed by atoms with Gasteiger partial charge in [0.05, 0.1) is 0 Å². The maximum Gasteiger partial charge on any atom is 0.135 e. The lowest BCUT2D eigenvalue weighted by molar-refractivity contribution is -0.123. The molecule has 1 nitrogen and oxygen atoms in total. The van der Waals surface area contributed by atoms with Crippen molar-refractivity contribution >= 4 is 5.78 Å². The molecule has 1 saturated carbocycles. The van der Waals surface area contributed by atoms with E-state index in [0.717, 1.165) is 25.2 Å². The molecule has 1 aliphatic carbocycles. The van der Waals surface area contributed by atoms with Gasteiger partial charge in [0.15, 0.2) is 0 Å². The normalized spacial score (nSPS) is 27.1. The molecular formula is C13H24O. The fourth-order valence-corrected chi connectivity index (χ4v) is 2.37. The minimum absolute atomic E-state index is 0.415. The van der Waals surface area contributed by atoms with Crippen LogP contribution in [0.15, 0.2) is 0 Å². The lowest BCUT2D eigenvalue weighted by Gasteiger charge is -2.10. The average molecular weight is 196 g/mol. The van der Waals surface area contributed by atoms with E-state index in [0.29, 0.717) is 17.6 Å². The van der Waals surface area contributed by atoms with Crippen LogP contribution < -0.4 is 0 Å². The highest BCUT2D eigenvalue weighted by atomic mass is 16.1. The fourth-order valence-electron chi connectivity index (χ4n) is 2.37. The molecule has 14 heavy (non-hydrogen) atoms. The summed E-state index contributed by atoms with van der Waals surface area (Å²) in [5.74, 6) is 2.46. The minimum atomic E-state index is 0.415. The molecule has 82 valence electrons. The Morgan fingerprint density at radius 1 is 1.36 bits per heavy atom. The summed E-state index contributed by atoms with van der Waals surface area (Å²) in [4.78, 5) is 11.8. The van der Waals surface area contributed by atoms with E-state index in [4.69, 9.17) is 0 Å². The number of hydrogen-bond acceptors (Lipinski definition) is 1. The van der Waals surface area contributed by atoms with Gasteiger partial charge in [0.25, 0.3) is 0 Å². The van der Waals surface area contributed by atoms with E-state index in [1.807, 2.05) is 0 Å². The molecule has 0 radical (unpaired) electrons. The van der Waals surface area contributed by atoms with Crippen LogP contribution in [-0.4, -0.2) is 5.78 Å². The summed E-state index contributed by atoms with van der Waals surface area (Å²) in [6.45, 7) is 6.62. The number of carbonyl (C=O) groups excluding carboxylic acids is 1. The van der Waals surface area contributed by atoms with Crippen molar-refractivity contribution in [2.24, 2.45) is 17.8 Å². The Bertz CT molecular complexity index is 184. The number of Topliss-reactive ketones (excluding diaryl/α,β-unsaturated/α-hetero) is 1. The molecule has 0 heterocycles. The van der Waals surface area contributed by atoms with Crippen molar-refractivity contribution in [3.05, 3.63) is 0 Å². The SMILES string of the molecule is CCC1CCC(C(=O)CCC(C)C)C1. The maximum atomic E-state index is 11.8. The van der Waals surface area contributed by atoms with E-state index in [1.54, 1.807) is 0 Å². The zero-order valence-corrected chi connectivity index (χ0v) is 9.88. The van der Waals surface area contributed by atoms with Crippen molar-refractivity contribution in [3.8, 4) is 0 Å². The second kappa shape index (κ2) is 5.53. The summed E-state index contributed by atoms with van der Waals surface area (Å²) < 4.78 is 0. The molecule has 2 atom stereocenters. The lowest BCUT2D eigenvalue weighted by atomic mass is 9.94. The van der Waals surface area contributed by atoms with Gasteiger partial charge in [0.2, 0.25) is 0 Å². The first-order chi connectivity index (χ1) is 6.63. The lowest BCUT2D eigenvalue weighted by Crippen LogP contribution is -2.12. The van der Waals surface area contributed by atoms with Crippen molar-refractivity contribution in [2.45, 2.75) is 59.3 Å². The molecule has 1 fully saturated rings. The molecule has 2 unspecified atom stereocenters. The van der Waals surface area contributed by atoms with Crippen molar-refractivity contribution in [3.63, 3.8) is 0 Å². The van der Waals surface area contributed by atoms with E-state index < -0.39 is 0 Å². The van der Waals surface area contributed by atoms with Crippen LogP contribution in [0.2, 0.25) is 0 Å². The number of carbonyl (C=O) groups is 1. The van der Waals surface area contributed by atoms with Crippen LogP contribution in [0.4, 0.5) is 0 Å². The van der Waals surface area contributed by atoms with Crippen molar-refractivity contribution < 1.29 is 4.79 Å². The average Bonchev–Trinajstić information content (AvgIpc) is 2.62. The van der Waals surface area contributed by atoms with Gasteiger partial charge in [0.1, 0.15) is 5.78 Å². The van der Waals surface area contributed by atoms with Crippen molar-refractivity contribution in [1.82, 2.24) is 0 Å². The molecule has 1 heteroatoms. The fraction of sp³-hybridized carbons (Fsp3) is 0.923. The van der Waals surface area contributed by atoms with Gasteiger partial charge in [-0.15, -0.1) is 0 Å². The standard InChI is InChI=1S/C13H24O/c1-4-11-6-7-12(9-11)13(14)8-5-10(2)3/h10-12H,4-9H2,1-3H3. The van der Waals surface area contributed by atoms with E-state index in [9.17, 15) is 4.79 Å². The maximum absolute atomic E-state index is 11.8. The van der Waals surface area contributed by atoms with Gasteiger partial charge >= 0.3 is 0 Å². The zero-order chi connectivity index (χ0) is 10.6. The third-order valence-corrected chi connectivity index (χ3v) is 3.54. The molecule has 0 aromatic rings. The van der Waals surface area contributed by atoms with Crippen LogP contribution in [-0.2, 0) is 4.79 Å². The third kappa shape index (κ3) is 3.43. The zero-order valence-electron chi connectivity index (χ0n) is 9.88. The second-order valence-corrected chi connectivity index (χ2v) is 5.18. The molecule has 0 spiro atoms. The van der Waals surface area contributed by atoms with Crippen LogP contribution in [0.25, 0.3) is 0 Å². The summed E-state index contributed by atoms with van der Waals surface area (Å²) >= 11 is 0. The summed E-state index contributed by atoms with van der Waals surface area (Å²) in [7, 11) is 0. The van der Waals surface area contributed by atoms with Gasteiger partial charge in [-0.05, 0) is 37.5 Å². The predicted octanol–water partition coefficient (Wildman–Crippen LogP) is 3.82. The van der Waals surface area contributed by atoms with E-state index in [2.05, 4.69) is 20.8 Å². The quantitative estimate of drug-likeness (QED) is 0.653. The van der Waals surface area contributed by atoms with Gasteiger partial charge in [-0.2, -0.15) is 0 Å². The topological polar surface area (TPSA) is 17.1 Å². The Kier molecular flexibility index (Phi) is 4.64. The van der Waals surface area contributed by atoms with Crippen LogP contribution in [0.5, 0.6) is 0 Å². The van der Waals surface area contributed by atoms with Crippen LogP contribution in [0.3, 0.4) is 0 Å². The summed E-state index contributed by atoms with van der Waals surface area (Å²) in [6.07, 6.45) is 6.77. The number of ketones is 1.